The first-order valence-corrected chi connectivity index (χ1v) is 4.18. The molecule has 0 heterocycles. The van der Waals surface area contributed by atoms with Gasteiger partial charge in [-0.1, -0.05) is 20.8 Å². The molecule has 66 valence electrons. The first-order chi connectivity index (χ1) is 4.92. The predicted molar refractivity (Wildman–Crippen MR) is 50.9 cm³/mol. The summed E-state index contributed by atoms with van der Waals surface area (Å²) in [6.07, 6.45) is 2.35. The standard InChI is InChI=1S/C9H20N2/c1-8(10)11-7-5-6-9(2,3)4/h5-7H2,1-4H3,(H2,10,11). The summed E-state index contributed by atoms with van der Waals surface area (Å²) >= 11 is 0. The van der Waals surface area contributed by atoms with E-state index in [9.17, 15) is 0 Å². The quantitative estimate of drug-likeness (QED) is 0.379. The van der Waals surface area contributed by atoms with Crippen LogP contribution in [0.3, 0.4) is 0 Å². The lowest BCUT2D eigenvalue weighted by Gasteiger charge is -2.16. The first-order valence-electron chi connectivity index (χ1n) is 4.18. The van der Waals surface area contributed by atoms with Crippen LogP contribution in [-0.4, -0.2) is 12.4 Å². The molecule has 0 amide bonds. The molecule has 0 aromatic heterocycles. The number of nitrogens with two attached hydrogens (primary N) is 1. The van der Waals surface area contributed by atoms with Gasteiger partial charge in [-0.05, 0) is 25.2 Å². The van der Waals surface area contributed by atoms with E-state index in [1.165, 1.54) is 6.42 Å². The van der Waals surface area contributed by atoms with Crippen molar-refractivity contribution in [3.05, 3.63) is 0 Å². The molecule has 2 N–H and O–H groups in total. The summed E-state index contributed by atoms with van der Waals surface area (Å²) in [5, 5.41) is 0. The monoisotopic (exact) mass is 156 g/mol. The highest BCUT2D eigenvalue weighted by Crippen LogP contribution is 2.20. The molecule has 11 heavy (non-hydrogen) atoms. The van der Waals surface area contributed by atoms with Gasteiger partial charge in [0.25, 0.3) is 0 Å². The zero-order chi connectivity index (χ0) is 8.91. The highest BCUT2D eigenvalue weighted by molar-refractivity contribution is 5.77. The Kier molecular flexibility index (Phi) is 4.16. The van der Waals surface area contributed by atoms with Crippen molar-refractivity contribution >= 4 is 5.84 Å². The van der Waals surface area contributed by atoms with E-state index in [-0.39, 0.29) is 0 Å². The summed E-state index contributed by atoms with van der Waals surface area (Å²) in [4.78, 5) is 4.12. The van der Waals surface area contributed by atoms with Crippen molar-refractivity contribution in [2.45, 2.75) is 40.5 Å². The molecule has 0 aliphatic carbocycles. The fourth-order valence-electron chi connectivity index (χ4n) is 0.865. The molecular formula is C9H20N2. The van der Waals surface area contributed by atoms with E-state index in [0.717, 1.165) is 13.0 Å². The zero-order valence-electron chi connectivity index (χ0n) is 8.15. The van der Waals surface area contributed by atoms with Gasteiger partial charge in [0, 0.05) is 6.54 Å². The molecule has 0 aliphatic rings. The Morgan fingerprint density at radius 1 is 1.36 bits per heavy atom. The minimum Gasteiger partial charge on any atom is -0.388 e. The van der Waals surface area contributed by atoms with Gasteiger partial charge in [-0.15, -0.1) is 0 Å². The number of aliphatic imine (C=N–C) groups is 1. The van der Waals surface area contributed by atoms with Crippen LogP contribution in [0.4, 0.5) is 0 Å². The number of rotatable bonds is 3. The number of hydrogen-bond donors (Lipinski definition) is 1. The summed E-state index contributed by atoms with van der Waals surface area (Å²) in [6, 6.07) is 0. The van der Waals surface area contributed by atoms with E-state index in [4.69, 9.17) is 5.73 Å². The third-order valence-electron chi connectivity index (χ3n) is 1.45. The summed E-state index contributed by atoms with van der Waals surface area (Å²) in [5.41, 5.74) is 5.82. The second-order valence-electron chi connectivity index (χ2n) is 4.19. The average molecular weight is 156 g/mol. The maximum absolute atomic E-state index is 5.39. The maximum atomic E-state index is 5.39. The van der Waals surface area contributed by atoms with Crippen LogP contribution in [0.1, 0.15) is 40.5 Å². The summed E-state index contributed by atoms with van der Waals surface area (Å²) in [6.45, 7) is 9.43. The van der Waals surface area contributed by atoms with E-state index >= 15 is 0 Å². The third kappa shape index (κ3) is 9.47. The van der Waals surface area contributed by atoms with Crippen LogP contribution in [0.15, 0.2) is 4.99 Å². The Morgan fingerprint density at radius 2 is 1.91 bits per heavy atom. The van der Waals surface area contributed by atoms with E-state index < -0.39 is 0 Å². The van der Waals surface area contributed by atoms with Crippen LogP contribution in [0.5, 0.6) is 0 Å². The fraction of sp³-hybridized carbons (Fsp3) is 0.889. The van der Waals surface area contributed by atoms with Crippen LogP contribution in [0, 0.1) is 5.41 Å². The lowest BCUT2D eigenvalue weighted by molar-refractivity contribution is 0.368. The molecule has 0 saturated carbocycles. The Bertz CT molecular complexity index is 127. The molecule has 0 aliphatic heterocycles. The molecule has 0 fully saturated rings. The molecule has 0 aromatic rings. The van der Waals surface area contributed by atoms with E-state index in [1.807, 2.05) is 6.92 Å². The number of amidine groups is 1. The Labute approximate surface area is 69.9 Å². The van der Waals surface area contributed by atoms with Crippen LogP contribution >= 0.6 is 0 Å². The highest BCUT2D eigenvalue weighted by Gasteiger charge is 2.08. The lowest BCUT2D eigenvalue weighted by atomic mass is 9.91. The van der Waals surface area contributed by atoms with Gasteiger partial charge < -0.3 is 5.73 Å². The normalized spacial score (nSPS) is 13.6. The topological polar surface area (TPSA) is 38.4 Å². The second kappa shape index (κ2) is 4.37. The number of hydrogen-bond acceptors (Lipinski definition) is 1. The van der Waals surface area contributed by atoms with E-state index in [1.54, 1.807) is 0 Å². The molecule has 0 rings (SSSR count). The van der Waals surface area contributed by atoms with Gasteiger partial charge in [-0.3, -0.25) is 4.99 Å². The minimum atomic E-state index is 0.429. The summed E-state index contributed by atoms with van der Waals surface area (Å²) < 4.78 is 0. The predicted octanol–water partition coefficient (Wildman–Crippen LogP) is 2.19. The number of nitrogens with zero attached hydrogens (tertiary/aromatic N) is 1. The Morgan fingerprint density at radius 3 is 2.27 bits per heavy atom. The molecule has 0 bridgehead atoms. The van der Waals surface area contributed by atoms with Crippen molar-refractivity contribution in [3.63, 3.8) is 0 Å². The van der Waals surface area contributed by atoms with Crippen molar-refractivity contribution in [1.29, 1.82) is 0 Å². The van der Waals surface area contributed by atoms with Crippen LogP contribution < -0.4 is 5.73 Å². The molecule has 2 heteroatoms. The molecule has 0 aromatic carbocycles. The van der Waals surface area contributed by atoms with Crippen molar-refractivity contribution in [2.24, 2.45) is 16.1 Å². The molecule has 2 nitrogen and oxygen atoms in total. The van der Waals surface area contributed by atoms with Crippen molar-refractivity contribution in [2.75, 3.05) is 6.54 Å². The third-order valence-corrected chi connectivity index (χ3v) is 1.45. The Balaban J connectivity index is 3.36. The molecule has 0 unspecified atom stereocenters. The maximum Gasteiger partial charge on any atom is 0.0905 e. The zero-order valence-corrected chi connectivity index (χ0v) is 8.15. The van der Waals surface area contributed by atoms with Crippen molar-refractivity contribution < 1.29 is 0 Å². The van der Waals surface area contributed by atoms with Gasteiger partial charge in [0.05, 0.1) is 5.84 Å². The Hall–Kier alpha value is -0.530. The van der Waals surface area contributed by atoms with Gasteiger partial charge >= 0.3 is 0 Å². The minimum absolute atomic E-state index is 0.429. The highest BCUT2D eigenvalue weighted by atomic mass is 14.8. The van der Waals surface area contributed by atoms with Crippen molar-refractivity contribution in [1.82, 2.24) is 0 Å². The van der Waals surface area contributed by atoms with Gasteiger partial charge in [-0.2, -0.15) is 0 Å². The first kappa shape index (κ1) is 10.5. The van der Waals surface area contributed by atoms with Gasteiger partial charge in [0.1, 0.15) is 0 Å². The largest absolute Gasteiger partial charge is 0.388 e. The van der Waals surface area contributed by atoms with Gasteiger partial charge in [0.2, 0.25) is 0 Å². The van der Waals surface area contributed by atoms with Gasteiger partial charge in [-0.25, -0.2) is 0 Å². The van der Waals surface area contributed by atoms with E-state index in [0.29, 0.717) is 11.3 Å². The second-order valence-corrected chi connectivity index (χ2v) is 4.19. The molecule has 0 saturated heterocycles. The molecular weight excluding hydrogens is 136 g/mol. The van der Waals surface area contributed by atoms with Crippen LogP contribution in [0.25, 0.3) is 0 Å². The average Bonchev–Trinajstić information content (AvgIpc) is 1.78. The van der Waals surface area contributed by atoms with Crippen LogP contribution in [0.2, 0.25) is 0 Å². The van der Waals surface area contributed by atoms with Crippen LogP contribution in [-0.2, 0) is 0 Å². The summed E-state index contributed by atoms with van der Waals surface area (Å²) in [5.74, 6) is 0.693. The van der Waals surface area contributed by atoms with Gasteiger partial charge in [0.15, 0.2) is 0 Å². The SMILES string of the molecule is CC(N)=NCCCC(C)(C)C. The van der Waals surface area contributed by atoms with Crippen molar-refractivity contribution in [3.8, 4) is 0 Å². The smallest absolute Gasteiger partial charge is 0.0905 e. The fourth-order valence-corrected chi connectivity index (χ4v) is 0.865. The molecule has 0 radical (unpaired) electrons. The molecule has 0 atom stereocenters. The van der Waals surface area contributed by atoms with E-state index in [2.05, 4.69) is 25.8 Å². The summed E-state index contributed by atoms with van der Waals surface area (Å²) in [7, 11) is 0. The lowest BCUT2D eigenvalue weighted by Crippen LogP contribution is -2.08. The molecule has 0 spiro atoms.